The molecule has 4 aromatic rings. The number of pyridine rings is 1. The molecule has 0 unspecified atom stereocenters. The average molecular weight is 461 g/mol. The summed E-state index contributed by atoms with van der Waals surface area (Å²) in [6.45, 7) is 1.90. The topological polar surface area (TPSA) is 133 Å². The van der Waals surface area contributed by atoms with Crippen LogP contribution in [0.5, 0.6) is 0 Å². The highest BCUT2D eigenvalue weighted by atomic mass is 19.3. The Morgan fingerprint density at radius 1 is 1.24 bits per heavy atom. The summed E-state index contributed by atoms with van der Waals surface area (Å²) < 4.78 is 40.5. The van der Waals surface area contributed by atoms with Crippen LogP contribution in [0.2, 0.25) is 0 Å². The van der Waals surface area contributed by atoms with E-state index in [-0.39, 0.29) is 17.7 Å². The van der Waals surface area contributed by atoms with Gasteiger partial charge < -0.3 is 20.9 Å². The van der Waals surface area contributed by atoms with Gasteiger partial charge in [-0.3, -0.25) is 4.79 Å². The number of hydrogen-bond donors (Lipinski definition) is 2. The molecular formula is C20H22F3N9O. The van der Waals surface area contributed by atoms with Gasteiger partial charge in [0.1, 0.15) is 17.2 Å². The Balaban J connectivity index is 0.000000243. The maximum absolute atomic E-state index is 12.7. The lowest BCUT2D eigenvalue weighted by Gasteiger charge is -2.10. The lowest BCUT2D eigenvalue weighted by atomic mass is 10.2. The molecule has 33 heavy (non-hydrogen) atoms. The van der Waals surface area contributed by atoms with E-state index in [1.54, 1.807) is 24.4 Å². The van der Waals surface area contributed by atoms with E-state index in [0.717, 1.165) is 0 Å². The molecule has 0 radical (unpaired) electrons. The van der Waals surface area contributed by atoms with Crippen molar-refractivity contribution in [1.82, 2.24) is 34.0 Å². The first-order valence-corrected chi connectivity index (χ1v) is 10.1. The molecule has 5 rings (SSSR count). The number of likely N-dealkylation sites (tertiary alicyclic amines) is 1. The highest BCUT2D eigenvalue weighted by Gasteiger charge is 2.22. The van der Waals surface area contributed by atoms with Crippen molar-refractivity contribution in [2.45, 2.75) is 32.5 Å². The SMILES string of the molecule is CC(=O)N1CC[C@@H](F)C1.Nc1nc(N)c2c(-c3ccc4ncn(CC(F)F)c4n3)ccn2n1. The molecule has 0 bridgehead atoms. The van der Waals surface area contributed by atoms with Crippen molar-refractivity contribution in [2.75, 3.05) is 24.6 Å². The molecule has 1 saturated heterocycles. The van der Waals surface area contributed by atoms with Crippen LogP contribution in [-0.2, 0) is 11.3 Å². The van der Waals surface area contributed by atoms with Gasteiger partial charge in [-0.1, -0.05) is 0 Å². The van der Waals surface area contributed by atoms with Crippen LogP contribution >= 0.6 is 0 Å². The molecule has 1 aliphatic rings. The van der Waals surface area contributed by atoms with Crippen LogP contribution < -0.4 is 11.5 Å². The zero-order valence-corrected chi connectivity index (χ0v) is 17.7. The second-order valence-electron chi connectivity index (χ2n) is 7.56. The summed E-state index contributed by atoms with van der Waals surface area (Å²) in [4.78, 5) is 24.6. The number of carbonyl (C=O) groups is 1. The molecule has 10 nitrogen and oxygen atoms in total. The fourth-order valence-electron chi connectivity index (χ4n) is 3.65. The molecule has 5 heterocycles. The van der Waals surface area contributed by atoms with Gasteiger partial charge in [-0.15, -0.1) is 5.10 Å². The van der Waals surface area contributed by atoms with E-state index in [2.05, 4.69) is 20.1 Å². The minimum Gasteiger partial charge on any atom is -0.382 e. The fraction of sp³-hybridized carbons (Fsp3) is 0.350. The number of fused-ring (bicyclic) bond motifs is 2. The van der Waals surface area contributed by atoms with E-state index < -0.39 is 19.1 Å². The first-order chi connectivity index (χ1) is 15.7. The zero-order chi connectivity index (χ0) is 23.7. The van der Waals surface area contributed by atoms with Gasteiger partial charge in [-0.25, -0.2) is 27.7 Å². The third kappa shape index (κ3) is 4.66. The standard InChI is InChI=1S/C14H12F2N8.C6H10FNO/c15-10(16)5-23-6-19-9-2-1-8(20-13(9)23)7-3-4-24-11(7)12(17)21-14(18)22-24;1-5(9)8-3-2-6(7)4-8/h1-4,6,10H,5H2,(H4,17,18,21,22);6H,2-4H2,1H3/t;6-/m.1/s1. The molecule has 4 aromatic heterocycles. The van der Waals surface area contributed by atoms with Crippen LogP contribution in [0.3, 0.4) is 0 Å². The smallest absolute Gasteiger partial charge is 0.256 e. The van der Waals surface area contributed by atoms with Gasteiger partial charge in [0.25, 0.3) is 6.43 Å². The third-order valence-corrected chi connectivity index (χ3v) is 5.20. The summed E-state index contributed by atoms with van der Waals surface area (Å²) in [6.07, 6.45) is 0.272. The maximum Gasteiger partial charge on any atom is 0.256 e. The summed E-state index contributed by atoms with van der Waals surface area (Å²) in [6, 6.07) is 5.23. The normalized spacial score (nSPS) is 15.9. The number of alkyl halides is 3. The Labute approximate surface area is 186 Å². The minimum atomic E-state index is -2.49. The molecule has 1 atom stereocenters. The van der Waals surface area contributed by atoms with Crippen molar-refractivity contribution in [3.63, 3.8) is 0 Å². The molecule has 1 amide bonds. The number of nitrogens with zero attached hydrogens (tertiary/aromatic N) is 7. The summed E-state index contributed by atoms with van der Waals surface area (Å²) in [7, 11) is 0. The van der Waals surface area contributed by atoms with Crippen LogP contribution in [0.15, 0.2) is 30.7 Å². The molecule has 0 aliphatic carbocycles. The van der Waals surface area contributed by atoms with E-state index >= 15 is 0 Å². The molecule has 4 N–H and O–H groups in total. The highest BCUT2D eigenvalue weighted by molar-refractivity contribution is 5.88. The number of anilines is 2. The number of aromatic nitrogens is 6. The highest BCUT2D eigenvalue weighted by Crippen LogP contribution is 2.28. The van der Waals surface area contributed by atoms with Crippen molar-refractivity contribution in [3.05, 3.63) is 30.7 Å². The number of nitrogens with two attached hydrogens (primary N) is 2. The number of hydrogen-bond acceptors (Lipinski definition) is 7. The van der Waals surface area contributed by atoms with Crippen molar-refractivity contribution in [3.8, 4) is 11.3 Å². The van der Waals surface area contributed by atoms with E-state index in [9.17, 15) is 18.0 Å². The number of imidazole rings is 1. The number of nitrogen functional groups attached to an aromatic ring is 2. The number of carbonyl (C=O) groups excluding carboxylic acids is 1. The van der Waals surface area contributed by atoms with Crippen LogP contribution in [0.25, 0.3) is 27.9 Å². The minimum absolute atomic E-state index is 0.0184. The number of halogens is 3. The van der Waals surface area contributed by atoms with Crippen molar-refractivity contribution in [2.24, 2.45) is 0 Å². The van der Waals surface area contributed by atoms with Crippen LogP contribution in [0.4, 0.5) is 24.9 Å². The van der Waals surface area contributed by atoms with E-state index in [1.807, 2.05) is 0 Å². The van der Waals surface area contributed by atoms with Gasteiger partial charge in [-0.2, -0.15) is 4.98 Å². The van der Waals surface area contributed by atoms with Gasteiger partial charge >= 0.3 is 0 Å². The Hall–Kier alpha value is -3.90. The molecule has 174 valence electrons. The Morgan fingerprint density at radius 2 is 2.03 bits per heavy atom. The van der Waals surface area contributed by atoms with E-state index in [1.165, 1.54) is 27.2 Å². The molecule has 1 fully saturated rings. The first-order valence-electron chi connectivity index (χ1n) is 10.1. The predicted molar refractivity (Wildman–Crippen MR) is 116 cm³/mol. The predicted octanol–water partition coefficient (Wildman–Crippen LogP) is 2.15. The lowest BCUT2D eigenvalue weighted by Crippen LogP contribution is -2.25. The van der Waals surface area contributed by atoms with Gasteiger partial charge in [0, 0.05) is 25.2 Å². The molecule has 13 heteroatoms. The molecule has 0 aromatic carbocycles. The van der Waals surface area contributed by atoms with E-state index in [0.29, 0.717) is 47.4 Å². The molecule has 0 saturated carbocycles. The molecular weight excluding hydrogens is 439 g/mol. The van der Waals surface area contributed by atoms with Gasteiger partial charge in [0.05, 0.1) is 25.1 Å². The average Bonchev–Trinajstić information content (AvgIpc) is 3.46. The number of amides is 1. The third-order valence-electron chi connectivity index (χ3n) is 5.20. The van der Waals surface area contributed by atoms with Crippen LogP contribution in [0, 0.1) is 0 Å². The molecule has 0 spiro atoms. The van der Waals surface area contributed by atoms with Gasteiger partial charge in [0.15, 0.2) is 11.5 Å². The van der Waals surface area contributed by atoms with Crippen molar-refractivity contribution in [1.29, 1.82) is 0 Å². The van der Waals surface area contributed by atoms with Gasteiger partial charge in [0.2, 0.25) is 11.9 Å². The van der Waals surface area contributed by atoms with Gasteiger partial charge in [-0.05, 0) is 24.6 Å². The Morgan fingerprint density at radius 3 is 2.67 bits per heavy atom. The summed E-state index contributed by atoms with van der Waals surface area (Å²) in [5, 5.41) is 4.05. The zero-order valence-electron chi connectivity index (χ0n) is 17.7. The largest absolute Gasteiger partial charge is 0.382 e. The molecule has 1 aliphatic heterocycles. The second-order valence-corrected chi connectivity index (χ2v) is 7.56. The van der Waals surface area contributed by atoms with Crippen molar-refractivity contribution < 1.29 is 18.0 Å². The Bertz CT molecular complexity index is 1300. The summed E-state index contributed by atoms with van der Waals surface area (Å²) in [5.41, 5.74) is 14.2. The quantitative estimate of drug-likeness (QED) is 0.478. The lowest BCUT2D eigenvalue weighted by molar-refractivity contribution is -0.127. The fourth-order valence-corrected chi connectivity index (χ4v) is 3.65. The maximum atomic E-state index is 12.7. The number of rotatable bonds is 3. The summed E-state index contributed by atoms with van der Waals surface area (Å²) >= 11 is 0. The first kappa shape index (κ1) is 22.3. The second kappa shape index (κ2) is 8.92. The monoisotopic (exact) mass is 461 g/mol. The van der Waals surface area contributed by atoms with E-state index in [4.69, 9.17) is 11.5 Å². The summed E-state index contributed by atoms with van der Waals surface area (Å²) in [5.74, 6) is 0.251. The van der Waals surface area contributed by atoms with Crippen LogP contribution in [0.1, 0.15) is 13.3 Å². The Kier molecular flexibility index (Phi) is 6.03. The van der Waals surface area contributed by atoms with Crippen LogP contribution in [-0.4, -0.2) is 65.6 Å². The van der Waals surface area contributed by atoms with Crippen molar-refractivity contribution >= 4 is 34.4 Å².